The molecule has 1 nitrogen and oxygen atoms in total. The van der Waals surface area contributed by atoms with Crippen molar-refractivity contribution >= 4 is 28.4 Å². The summed E-state index contributed by atoms with van der Waals surface area (Å²) < 4.78 is 12.4. The van der Waals surface area contributed by atoms with Crippen molar-refractivity contribution in [3.8, 4) is 0 Å². The van der Waals surface area contributed by atoms with Gasteiger partial charge >= 0.3 is 0 Å². The lowest BCUT2D eigenvalue weighted by Gasteiger charge is -1.90. The third-order valence-corrected chi connectivity index (χ3v) is 1.02. The van der Waals surface area contributed by atoms with E-state index in [1.807, 2.05) is 0 Å². The van der Waals surface area contributed by atoms with Crippen LogP contribution in [0.3, 0.4) is 0 Å². The van der Waals surface area contributed by atoms with Crippen LogP contribution in [0.2, 0.25) is 0 Å². The van der Waals surface area contributed by atoms with Crippen molar-refractivity contribution in [2.45, 2.75) is 6.92 Å². The van der Waals surface area contributed by atoms with Crippen LogP contribution in [0.5, 0.6) is 0 Å². The summed E-state index contributed by atoms with van der Waals surface area (Å²) in [6, 6.07) is 0. The number of nitrogens with zero attached hydrogens (tertiary/aromatic N) is 1. The van der Waals surface area contributed by atoms with Gasteiger partial charge in [0.2, 0.25) is 0 Å². The van der Waals surface area contributed by atoms with Crippen molar-refractivity contribution < 1.29 is 4.39 Å². The molecule has 0 aromatic heterocycles. The zero-order valence-electron chi connectivity index (χ0n) is 5.37. The highest BCUT2D eigenvalue weighted by Gasteiger charge is 1.99. The van der Waals surface area contributed by atoms with E-state index in [-0.39, 0.29) is 10.3 Å². The Hall–Kier alpha value is -0.340. The normalized spacial score (nSPS) is 13.6. The average Bonchev–Trinajstić information content (AvgIpc) is 1.85. The first-order valence-corrected chi connectivity index (χ1v) is 3.24. The van der Waals surface area contributed by atoms with E-state index in [0.717, 1.165) is 0 Å². The number of halogens is 3. The van der Waals surface area contributed by atoms with Crippen LogP contribution < -0.4 is 0 Å². The van der Waals surface area contributed by atoms with Crippen molar-refractivity contribution in [3.05, 3.63) is 23.6 Å². The van der Waals surface area contributed by atoms with Crippen LogP contribution in [0.15, 0.2) is 28.6 Å². The summed E-state index contributed by atoms with van der Waals surface area (Å²) in [4.78, 5) is 3.36. The van der Waals surface area contributed by atoms with Crippen molar-refractivity contribution in [1.82, 2.24) is 0 Å². The molecule has 4 heteroatoms. The molecule has 0 rings (SSSR count). The summed E-state index contributed by atoms with van der Waals surface area (Å²) >= 11 is 10.5. The molecule has 0 saturated heterocycles. The molecule has 0 saturated carbocycles. The number of allylic oxidation sites excluding steroid dienone is 2. The van der Waals surface area contributed by atoms with Gasteiger partial charge in [0, 0.05) is 0 Å². The maximum Gasteiger partial charge on any atom is 0.166 e. The Morgan fingerprint density at radius 3 is 2.40 bits per heavy atom. The predicted octanol–water partition coefficient (Wildman–Crippen LogP) is 3.21. The molecule has 0 aliphatic carbocycles. The third-order valence-electron chi connectivity index (χ3n) is 0.670. The molecule has 0 radical (unpaired) electrons. The van der Waals surface area contributed by atoms with Crippen LogP contribution >= 0.6 is 23.2 Å². The van der Waals surface area contributed by atoms with E-state index in [2.05, 4.69) is 11.6 Å². The minimum absolute atomic E-state index is 0.0398. The largest absolute Gasteiger partial charge is 0.222 e. The molecule has 10 heavy (non-hydrogen) atoms. The lowest BCUT2D eigenvalue weighted by atomic mass is 10.5. The van der Waals surface area contributed by atoms with Crippen molar-refractivity contribution in [3.63, 3.8) is 0 Å². The zero-order chi connectivity index (χ0) is 8.15. The summed E-state index contributed by atoms with van der Waals surface area (Å²) in [6.45, 7) is 4.72. The predicted molar refractivity (Wildman–Crippen MR) is 43.1 cm³/mol. The molecule has 0 bridgehead atoms. The van der Waals surface area contributed by atoms with Gasteiger partial charge in [0.25, 0.3) is 0 Å². The van der Waals surface area contributed by atoms with Crippen LogP contribution in [0, 0.1) is 0 Å². The van der Waals surface area contributed by atoms with E-state index < -0.39 is 5.83 Å². The second-order valence-corrected chi connectivity index (χ2v) is 2.21. The second-order valence-electron chi connectivity index (χ2n) is 1.42. The summed E-state index contributed by atoms with van der Waals surface area (Å²) in [5.74, 6) is -0.608. The van der Waals surface area contributed by atoms with Gasteiger partial charge < -0.3 is 0 Å². The topological polar surface area (TPSA) is 12.4 Å². The molecule has 0 aromatic rings. The monoisotopic (exact) mass is 181 g/mol. The Labute approximate surface area is 68.9 Å². The van der Waals surface area contributed by atoms with Gasteiger partial charge in [-0.05, 0) is 13.0 Å². The number of rotatable bonds is 2. The fraction of sp³-hybridized carbons (Fsp3) is 0.167. The molecule has 0 unspecified atom stereocenters. The molecular weight excluding hydrogens is 176 g/mol. The molecule has 0 heterocycles. The molecule has 0 fully saturated rings. The Morgan fingerprint density at radius 1 is 1.60 bits per heavy atom. The Bertz CT molecular complexity index is 196. The molecule has 0 N–H and O–H groups in total. The molecular formula is C6H6Cl2FN. The van der Waals surface area contributed by atoms with Crippen molar-refractivity contribution in [2.24, 2.45) is 4.99 Å². The fourth-order valence-electron chi connectivity index (χ4n) is 0.279. The number of hydrogen-bond donors (Lipinski definition) is 0. The first kappa shape index (κ1) is 9.66. The van der Waals surface area contributed by atoms with Gasteiger partial charge in [0.1, 0.15) is 5.16 Å². The summed E-state index contributed by atoms with van der Waals surface area (Å²) in [6.07, 6.45) is 1.19. The quantitative estimate of drug-likeness (QED) is 0.459. The first-order valence-electron chi connectivity index (χ1n) is 2.48. The van der Waals surface area contributed by atoms with Crippen LogP contribution in [0.1, 0.15) is 6.92 Å². The van der Waals surface area contributed by atoms with Crippen LogP contribution in [-0.4, -0.2) is 5.17 Å². The van der Waals surface area contributed by atoms with Crippen LogP contribution in [0.25, 0.3) is 0 Å². The Kier molecular flexibility index (Phi) is 4.32. The molecule has 0 aliphatic rings. The highest BCUT2D eigenvalue weighted by Crippen LogP contribution is 2.08. The van der Waals surface area contributed by atoms with E-state index in [4.69, 9.17) is 23.2 Å². The number of hydrogen-bond acceptors (Lipinski definition) is 1. The molecule has 56 valence electrons. The van der Waals surface area contributed by atoms with E-state index in [9.17, 15) is 4.39 Å². The lowest BCUT2D eigenvalue weighted by Crippen LogP contribution is -1.86. The van der Waals surface area contributed by atoms with Gasteiger partial charge in [-0.2, -0.15) is 0 Å². The van der Waals surface area contributed by atoms with Gasteiger partial charge in [0.05, 0.1) is 0 Å². The highest BCUT2D eigenvalue weighted by molar-refractivity contribution is 6.69. The van der Waals surface area contributed by atoms with Gasteiger partial charge in [-0.25, -0.2) is 9.38 Å². The van der Waals surface area contributed by atoms with Crippen molar-refractivity contribution in [1.29, 1.82) is 0 Å². The second kappa shape index (κ2) is 4.47. The average molecular weight is 182 g/mol. The molecule has 0 aliphatic heterocycles. The van der Waals surface area contributed by atoms with E-state index in [1.54, 1.807) is 0 Å². The van der Waals surface area contributed by atoms with Gasteiger partial charge in [0.15, 0.2) is 11.0 Å². The smallest absolute Gasteiger partial charge is 0.166 e. The molecule has 0 atom stereocenters. The lowest BCUT2D eigenvalue weighted by molar-refractivity contribution is 0.682. The first-order chi connectivity index (χ1) is 4.57. The third kappa shape index (κ3) is 3.64. The molecule has 0 aromatic carbocycles. The Morgan fingerprint density at radius 2 is 2.10 bits per heavy atom. The fourth-order valence-corrected chi connectivity index (χ4v) is 0.618. The molecule has 0 amide bonds. The van der Waals surface area contributed by atoms with Gasteiger partial charge in [-0.1, -0.05) is 29.8 Å². The minimum atomic E-state index is -0.608. The summed E-state index contributed by atoms with van der Waals surface area (Å²) in [5.41, 5.74) is 0. The number of aliphatic imine (C=N–C) groups is 1. The van der Waals surface area contributed by atoms with Crippen LogP contribution in [0.4, 0.5) is 4.39 Å². The van der Waals surface area contributed by atoms with Gasteiger partial charge in [-0.3, -0.25) is 0 Å². The van der Waals surface area contributed by atoms with E-state index >= 15 is 0 Å². The molecule has 0 spiro atoms. The zero-order valence-corrected chi connectivity index (χ0v) is 6.88. The minimum Gasteiger partial charge on any atom is -0.222 e. The standard InChI is InChI=1S/C6H6Cl2FN/c1-3-5(9)6(8)10-4(2)7/h3H,2H2,1H3/b5-3+,10-6+. The maximum atomic E-state index is 12.4. The summed E-state index contributed by atoms with van der Waals surface area (Å²) in [7, 11) is 0. The highest BCUT2D eigenvalue weighted by atomic mass is 35.5. The van der Waals surface area contributed by atoms with Crippen LogP contribution in [-0.2, 0) is 0 Å². The SMILES string of the molecule is C=C(Cl)/N=C(Cl)\C(F)=C/C. The summed E-state index contributed by atoms with van der Waals surface area (Å²) in [5, 5.41) is -0.315. The van der Waals surface area contributed by atoms with E-state index in [0.29, 0.717) is 0 Å². The van der Waals surface area contributed by atoms with E-state index in [1.165, 1.54) is 13.0 Å². The Balaban J connectivity index is 4.35. The van der Waals surface area contributed by atoms with Gasteiger partial charge in [-0.15, -0.1) is 0 Å². The van der Waals surface area contributed by atoms with Crippen molar-refractivity contribution in [2.75, 3.05) is 0 Å². The maximum absolute atomic E-state index is 12.4.